The van der Waals surface area contributed by atoms with Gasteiger partial charge in [-0.1, -0.05) is 0 Å². The smallest absolute Gasteiger partial charge is 0.219 e. The zero-order valence-corrected chi connectivity index (χ0v) is 13.4. The maximum Gasteiger partial charge on any atom is 0.219 e. The van der Waals surface area contributed by atoms with Crippen LogP contribution in [0.4, 0.5) is 0 Å². The van der Waals surface area contributed by atoms with Gasteiger partial charge in [-0.15, -0.1) is 0 Å². The number of amides is 1. The Morgan fingerprint density at radius 3 is 2.05 bits per heavy atom. The molecule has 1 aliphatic carbocycles. The molecule has 0 saturated heterocycles. The first-order valence-corrected chi connectivity index (χ1v) is 7.46. The predicted octanol–water partition coefficient (Wildman–Crippen LogP) is 1.52. The number of carbonyl (C=O) groups excluding carboxylic acids is 1. The third kappa shape index (κ3) is 5.91. The van der Waals surface area contributed by atoms with Gasteiger partial charge in [0.15, 0.2) is 0 Å². The van der Waals surface area contributed by atoms with E-state index in [1.807, 2.05) is 11.9 Å². The van der Waals surface area contributed by atoms with Crippen LogP contribution in [-0.4, -0.2) is 74.5 Å². The van der Waals surface area contributed by atoms with E-state index in [0.717, 1.165) is 25.7 Å². The van der Waals surface area contributed by atoms with Crippen molar-refractivity contribution in [1.82, 2.24) is 14.7 Å². The van der Waals surface area contributed by atoms with Crippen molar-refractivity contribution in [3.05, 3.63) is 0 Å². The van der Waals surface area contributed by atoms with Crippen LogP contribution in [0.2, 0.25) is 0 Å². The molecule has 0 bridgehead atoms. The van der Waals surface area contributed by atoms with Crippen LogP contribution >= 0.6 is 0 Å². The highest BCUT2D eigenvalue weighted by Gasteiger charge is 2.24. The van der Waals surface area contributed by atoms with Gasteiger partial charge in [0.25, 0.3) is 0 Å². The molecule has 0 radical (unpaired) electrons. The number of nitrogens with zero attached hydrogens (tertiary/aromatic N) is 3. The Kier molecular flexibility index (Phi) is 6.80. The summed E-state index contributed by atoms with van der Waals surface area (Å²) in [5.74, 6) is 0.887. The van der Waals surface area contributed by atoms with Crippen molar-refractivity contribution in [2.75, 3.05) is 47.8 Å². The molecule has 19 heavy (non-hydrogen) atoms. The summed E-state index contributed by atoms with van der Waals surface area (Å²) in [5.41, 5.74) is 0. The summed E-state index contributed by atoms with van der Waals surface area (Å²) >= 11 is 0. The molecule has 1 fully saturated rings. The van der Waals surface area contributed by atoms with Crippen LogP contribution in [0.15, 0.2) is 0 Å². The summed E-state index contributed by atoms with van der Waals surface area (Å²) < 4.78 is 0. The van der Waals surface area contributed by atoms with Gasteiger partial charge in [0.05, 0.1) is 0 Å². The highest BCUT2D eigenvalue weighted by Crippen LogP contribution is 2.27. The van der Waals surface area contributed by atoms with Crippen LogP contribution in [-0.2, 0) is 4.79 Å². The molecule has 0 atom stereocenters. The average molecular weight is 269 g/mol. The fraction of sp³-hybridized carbons (Fsp3) is 0.933. The molecule has 4 nitrogen and oxygen atoms in total. The Labute approximate surface area is 118 Å². The van der Waals surface area contributed by atoms with Gasteiger partial charge < -0.3 is 14.7 Å². The number of likely N-dealkylation sites (N-methyl/N-ethyl adjacent to an activating group) is 2. The van der Waals surface area contributed by atoms with Crippen LogP contribution in [0.25, 0.3) is 0 Å². The number of rotatable bonds is 6. The maximum absolute atomic E-state index is 11.3. The van der Waals surface area contributed by atoms with Crippen molar-refractivity contribution >= 4 is 5.91 Å². The van der Waals surface area contributed by atoms with E-state index in [-0.39, 0.29) is 5.91 Å². The molecule has 4 heteroatoms. The largest absolute Gasteiger partial charge is 0.346 e. The second-order valence-electron chi connectivity index (χ2n) is 6.36. The fourth-order valence-electron chi connectivity index (χ4n) is 2.82. The van der Waals surface area contributed by atoms with E-state index >= 15 is 0 Å². The summed E-state index contributed by atoms with van der Waals surface area (Å²) in [7, 11) is 8.42. The van der Waals surface area contributed by atoms with Gasteiger partial charge in [-0.25, -0.2) is 0 Å². The van der Waals surface area contributed by atoms with Crippen LogP contribution in [0.3, 0.4) is 0 Å². The van der Waals surface area contributed by atoms with Crippen molar-refractivity contribution in [2.24, 2.45) is 5.92 Å². The second-order valence-corrected chi connectivity index (χ2v) is 6.36. The normalized spacial score (nSPS) is 23.9. The van der Waals surface area contributed by atoms with Crippen LogP contribution in [0.5, 0.6) is 0 Å². The van der Waals surface area contributed by atoms with Crippen molar-refractivity contribution in [1.29, 1.82) is 0 Å². The van der Waals surface area contributed by atoms with Gasteiger partial charge in [-0.05, 0) is 52.7 Å². The van der Waals surface area contributed by atoms with Crippen molar-refractivity contribution in [3.8, 4) is 0 Å². The lowest BCUT2D eigenvalue weighted by molar-refractivity contribution is -0.128. The SMILES string of the molecule is CC(=O)N(C)C[C@H]1CC[C@H](N(C)CCN(C)C)CC1. The van der Waals surface area contributed by atoms with E-state index in [2.05, 4.69) is 30.9 Å². The average Bonchev–Trinajstić information content (AvgIpc) is 2.36. The van der Waals surface area contributed by atoms with Gasteiger partial charge in [0, 0.05) is 39.6 Å². The minimum absolute atomic E-state index is 0.185. The molecule has 0 N–H and O–H groups in total. The highest BCUT2D eigenvalue weighted by atomic mass is 16.2. The number of hydrogen-bond acceptors (Lipinski definition) is 3. The molecule has 0 aromatic rings. The summed E-state index contributed by atoms with van der Waals surface area (Å²) in [5, 5.41) is 0. The first-order chi connectivity index (χ1) is 8.90. The summed E-state index contributed by atoms with van der Waals surface area (Å²) in [4.78, 5) is 17.9. The molecule has 0 aromatic heterocycles. The molecule has 1 rings (SSSR count). The minimum atomic E-state index is 0.185. The Morgan fingerprint density at radius 1 is 1.00 bits per heavy atom. The molecular formula is C15H31N3O. The first kappa shape index (κ1) is 16.4. The fourth-order valence-corrected chi connectivity index (χ4v) is 2.82. The Hall–Kier alpha value is -0.610. The Bertz CT molecular complexity index is 273. The van der Waals surface area contributed by atoms with Gasteiger partial charge in [0.2, 0.25) is 5.91 Å². The topological polar surface area (TPSA) is 26.8 Å². The maximum atomic E-state index is 11.3. The molecule has 1 saturated carbocycles. The van der Waals surface area contributed by atoms with E-state index < -0.39 is 0 Å². The van der Waals surface area contributed by atoms with Crippen LogP contribution in [0, 0.1) is 5.92 Å². The summed E-state index contributed by atoms with van der Waals surface area (Å²) in [6.45, 7) is 4.86. The van der Waals surface area contributed by atoms with Crippen molar-refractivity contribution < 1.29 is 4.79 Å². The van der Waals surface area contributed by atoms with E-state index in [0.29, 0.717) is 5.92 Å². The quantitative estimate of drug-likeness (QED) is 0.731. The molecule has 0 spiro atoms. The first-order valence-electron chi connectivity index (χ1n) is 7.46. The number of carbonyl (C=O) groups is 1. The Morgan fingerprint density at radius 2 is 1.58 bits per heavy atom. The zero-order chi connectivity index (χ0) is 14.4. The third-order valence-electron chi connectivity index (χ3n) is 4.41. The molecule has 112 valence electrons. The molecular weight excluding hydrogens is 238 g/mol. The van der Waals surface area contributed by atoms with Gasteiger partial charge >= 0.3 is 0 Å². The highest BCUT2D eigenvalue weighted by molar-refractivity contribution is 5.72. The predicted molar refractivity (Wildman–Crippen MR) is 80.2 cm³/mol. The minimum Gasteiger partial charge on any atom is -0.346 e. The van der Waals surface area contributed by atoms with Crippen LogP contribution < -0.4 is 0 Å². The van der Waals surface area contributed by atoms with Gasteiger partial charge in [-0.2, -0.15) is 0 Å². The van der Waals surface area contributed by atoms with Crippen molar-refractivity contribution in [2.45, 2.75) is 38.6 Å². The molecule has 0 aliphatic heterocycles. The lowest BCUT2D eigenvalue weighted by Gasteiger charge is -2.36. The lowest BCUT2D eigenvalue weighted by atomic mass is 9.85. The Balaban J connectivity index is 2.26. The van der Waals surface area contributed by atoms with E-state index in [1.54, 1.807) is 6.92 Å². The zero-order valence-electron chi connectivity index (χ0n) is 13.4. The van der Waals surface area contributed by atoms with Gasteiger partial charge in [0.1, 0.15) is 0 Å². The molecule has 0 unspecified atom stereocenters. The van der Waals surface area contributed by atoms with E-state index in [4.69, 9.17) is 0 Å². The van der Waals surface area contributed by atoms with Crippen molar-refractivity contribution in [3.63, 3.8) is 0 Å². The second kappa shape index (κ2) is 7.85. The monoisotopic (exact) mass is 269 g/mol. The van der Waals surface area contributed by atoms with Gasteiger partial charge in [-0.3, -0.25) is 4.79 Å². The molecule has 1 amide bonds. The lowest BCUT2D eigenvalue weighted by Crippen LogP contribution is -2.40. The summed E-state index contributed by atoms with van der Waals surface area (Å²) in [6, 6.07) is 0.735. The number of hydrogen-bond donors (Lipinski definition) is 0. The summed E-state index contributed by atoms with van der Waals surface area (Å²) in [6.07, 6.45) is 5.07. The standard InChI is InChI=1S/C15H31N3O/c1-13(19)18(5)12-14-6-8-15(9-7-14)17(4)11-10-16(2)3/h14-15H,6-12H2,1-5H3/t14-,15-. The molecule has 1 aliphatic rings. The molecule has 0 heterocycles. The van der Waals surface area contributed by atoms with Crippen LogP contribution in [0.1, 0.15) is 32.6 Å². The molecule has 0 aromatic carbocycles. The van der Waals surface area contributed by atoms with E-state index in [1.165, 1.54) is 25.7 Å². The van der Waals surface area contributed by atoms with E-state index in [9.17, 15) is 4.79 Å². The third-order valence-corrected chi connectivity index (χ3v) is 4.41.